The van der Waals surface area contributed by atoms with Gasteiger partial charge in [0.1, 0.15) is 6.04 Å². The number of nitrogens with one attached hydrogen (secondary N) is 2. The van der Waals surface area contributed by atoms with E-state index in [-0.39, 0.29) is 5.91 Å². The van der Waals surface area contributed by atoms with Crippen LogP contribution in [0.5, 0.6) is 0 Å². The molecule has 1 atom stereocenters. The second kappa shape index (κ2) is 6.62. The van der Waals surface area contributed by atoms with E-state index in [1.54, 1.807) is 14.1 Å². The minimum Gasteiger partial charge on any atom is -0.479 e. The summed E-state index contributed by atoms with van der Waals surface area (Å²) in [6.45, 7) is 0.850. The van der Waals surface area contributed by atoms with Gasteiger partial charge in [0.15, 0.2) is 6.61 Å². The summed E-state index contributed by atoms with van der Waals surface area (Å²) in [5.41, 5.74) is 1.84. The first-order valence-corrected chi connectivity index (χ1v) is 4.46. The van der Waals surface area contributed by atoms with Gasteiger partial charge in [-0.05, 0) is 6.92 Å². The fourth-order valence-electron chi connectivity index (χ4n) is 0.839. The number of carbonyl (C=O) groups excluding carboxylic acids is 2. The van der Waals surface area contributed by atoms with Gasteiger partial charge in [0.25, 0.3) is 0 Å². The van der Waals surface area contributed by atoms with Crippen molar-refractivity contribution >= 4 is 17.9 Å². The number of aliphatic carboxylic acids is 1. The Kier molecular flexibility index (Phi) is 5.86. The monoisotopic (exact) mass is 233 g/mol. The second-order valence-electron chi connectivity index (χ2n) is 3.21. The number of amides is 3. The molecule has 0 saturated carbocycles. The van der Waals surface area contributed by atoms with Gasteiger partial charge >= 0.3 is 12.0 Å². The Morgan fingerprint density at radius 2 is 1.94 bits per heavy atom. The van der Waals surface area contributed by atoms with Gasteiger partial charge in [0.2, 0.25) is 5.91 Å². The zero-order chi connectivity index (χ0) is 12.7. The van der Waals surface area contributed by atoms with Crippen molar-refractivity contribution in [2.24, 2.45) is 0 Å². The maximum absolute atomic E-state index is 11.3. The summed E-state index contributed by atoms with van der Waals surface area (Å²) in [6, 6.07) is -1.49. The first-order chi connectivity index (χ1) is 7.34. The van der Waals surface area contributed by atoms with Crippen LogP contribution in [0.2, 0.25) is 0 Å². The molecule has 16 heavy (non-hydrogen) atoms. The zero-order valence-corrected chi connectivity index (χ0v) is 9.31. The van der Waals surface area contributed by atoms with Crippen LogP contribution in [0.25, 0.3) is 0 Å². The topological polar surface area (TPSA) is 108 Å². The normalized spacial score (nSPS) is 11.4. The molecule has 0 fully saturated rings. The number of urea groups is 1. The Hall–Kier alpha value is -1.83. The molecule has 8 heteroatoms. The Morgan fingerprint density at radius 1 is 1.38 bits per heavy atom. The highest BCUT2D eigenvalue weighted by molar-refractivity contribution is 5.86. The average Bonchev–Trinajstić information content (AvgIpc) is 2.15. The molecular formula is C8H15N3O5. The van der Waals surface area contributed by atoms with E-state index in [1.807, 2.05) is 5.48 Å². The van der Waals surface area contributed by atoms with Crippen molar-refractivity contribution in [1.29, 1.82) is 0 Å². The van der Waals surface area contributed by atoms with Gasteiger partial charge in [-0.3, -0.25) is 9.63 Å². The molecule has 3 N–H and O–H groups in total. The second-order valence-corrected chi connectivity index (χ2v) is 3.21. The van der Waals surface area contributed by atoms with Crippen molar-refractivity contribution in [2.45, 2.75) is 13.0 Å². The van der Waals surface area contributed by atoms with E-state index in [0.717, 1.165) is 0 Å². The highest BCUT2D eigenvalue weighted by Crippen LogP contribution is 1.88. The van der Waals surface area contributed by atoms with E-state index >= 15 is 0 Å². The van der Waals surface area contributed by atoms with Crippen LogP contribution >= 0.6 is 0 Å². The number of rotatable bonds is 5. The minimum atomic E-state index is -1.21. The largest absolute Gasteiger partial charge is 0.479 e. The van der Waals surface area contributed by atoms with Crippen molar-refractivity contribution in [3.05, 3.63) is 0 Å². The molecule has 1 unspecified atom stereocenters. The van der Waals surface area contributed by atoms with Gasteiger partial charge in [-0.15, -0.1) is 0 Å². The molecule has 92 valence electrons. The van der Waals surface area contributed by atoms with Gasteiger partial charge < -0.3 is 15.3 Å². The summed E-state index contributed by atoms with van der Waals surface area (Å²) in [4.78, 5) is 38.0. The zero-order valence-electron chi connectivity index (χ0n) is 9.31. The van der Waals surface area contributed by atoms with Crippen molar-refractivity contribution < 1.29 is 24.3 Å². The average molecular weight is 233 g/mol. The molecule has 0 heterocycles. The lowest BCUT2D eigenvalue weighted by Gasteiger charge is -2.17. The molecule has 0 aromatic heterocycles. The van der Waals surface area contributed by atoms with E-state index in [1.165, 1.54) is 11.8 Å². The first kappa shape index (κ1) is 14.2. The molecule has 0 saturated heterocycles. The van der Waals surface area contributed by atoms with Crippen LogP contribution in [0.4, 0.5) is 4.79 Å². The number of hydrogen-bond acceptors (Lipinski definition) is 4. The lowest BCUT2D eigenvalue weighted by Crippen LogP contribution is -2.48. The minimum absolute atomic E-state index is 0.284. The van der Waals surface area contributed by atoms with Crippen LogP contribution in [0.3, 0.4) is 0 Å². The molecule has 0 aliphatic rings. The van der Waals surface area contributed by atoms with Gasteiger partial charge in [-0.25, -0.2) is 15.1 Å². The van der Waals surface area contributed by atoms with Crippen LogP contribution in [-0.2, 0) is 14.4 Å². The number of carboxylic acids is 1. The molecule has 0 aromatic carbocycles. The number of hydroxylamine groups is 1. The van der Waals surface area contributed by atoms with Crippen molar-refractivity contribution in [2.75, 3.05) is 20.7 Å². The molecule has 0 aliphatic carbocycles. The highest BCUT2D eigenvalue weighted by Gasteiger charge is 2.16. The lowest BCUT2D eigenvalue weighted by atomic mass is 10.3. The Labute approximate surface area is 92.5 Å². The molecule has 0 aliphatic heterocycles. The maximum atomic E-state index is 11.3. The van der Waals surface area contributed by atoms with Gasteiger partial charge in [0.05, 0.1) is 0 Å². The molecule has 0 aromatic rings. The highest BCUT2D eigenvalue weighted by atomic mass is 16.7. The van der Waals surface area contributed by atoms with Crippen molar-refractivity contribution in [3.63, 3.8) is 0 Å². The van der Waals surface area contributed by atoms with Gasteiger partial charge in [-0.1, -0.05) is 0 Å². The third-order valence-electron chi connectivity index (χ3n) is 1.52. The van der Waals surface area contributed by atoms with E-state index in [4.69, 9.17) is 5.11 Å². The smallest absolute Gasteiger partial charge is 0.339 e. The van der Waals surface area contributed by atoms with Crippen LogP contribution < -0.4 is 10.8 Å². The van der Waals surface area contributed by atoms with Crippen LogP contribution in [-0.4, -0.2) is 54.7 Å². The number of carbonyl (C=O) groups is 3. The molecule has 0 radical (unpaired) electrons. The summed E-state index contributed by atoms with van der Waals surface area (Å²) in [5.74, 6) is -1.49. The Bertz CT molecular complexity index is 279. The van der Waals surface area contributed by atoms with Crippen LogP contribution in [0.15, 0.2) is 0 Å². The maximum Gasteiger partial charge on any atom is 0.339 e. The van der Waals surface area contributed by atoms with Gasteiger partial charge in [-0.2, -0.15) is 0 Å². The van der Waals surface area contributed by atoms with Crippen molar-refractivity contribution in [1.82, 2.24) is 15.7 Å². The summed E-state index contributed by atoms with van der Waals surface area (Å²) in [5, 5.41) is 10.5. The fourth-order valence-corrected chi connectivity index (χ4v) is 0.839. The fraction of sp³-hybridized carbons (Fsp3) is 0.625. The number of carboxylic acid groups (broad SMARTS) is 1. The molecule has 0 bridgehead atoms. The van der Waals surface area contributed by atoms with Crippen molar-refractivity contribution in [3.8, 4) is 0 Å². The Balaban J connectivity index is 3.87. The van der Waals surface area contributed by atoms with E-state index in [0.29, 0.717) is 0 Å². The number of hydrogen-bond donors (Lipinski definition) is 3. The number of likely N-dealkylation sites (N-methyl/N-ethyl adjacent to an activating group) is 1. The first-order valence-electron chi connectivity index (χ1n) is 4.46. The van der Waals surface area contributed by atoms with Crippen LogP contribution in [0.1, 0.15) is 6.92 Å². The third-order valence-corrected chi connectivity index (χ3v) is 1.52. The standard InChI is InChI=1S/C8H15N3O5/c1-5(7(14)11(2)3)9-8(15)10-16-4-6(12)13/h5H,4H2,1-3H3,(H,12,13)(H2,9,10,15). The summed E-state index contributed by atoms with van der Waals surface area (Å²) in [6.07, 6.45) is 0. The molecule has 8 nitrogen and oxygen atoms in total. The van der Waals surface area contributed by atoms with E-state index < -0.39 is 24.6 Å². The summed E-state index contributed by atoms with van der Waals surface area (Å²) < 4.78 is 0. The lowest BCUT2D eigenvalue weighted by molar-refractivity contribution is -0.144. The molecular weight excluding hydrogens is 218 g/mol. The predicted molar refractivity (Wildman–Crippen MR) is 53.4 cm³/mol. The van der Waals surface area contributed by atoms with E-state index in [9.17, 15) is 14.4 Å². The molecule has 0 rings (SSSR count). The van der Waals surface area contributed by atoms with Crippen LogP contribution in [0, 0.1) is 0 Å². The SMILES string of the molecule is CC(NC(=O)NOCC(=O)O)C(=O)N(C)C. The Morgan fingerprint density at radius 3 is 2.38 bits per heavy atom. The van der Waals surface area contributed by atoms with E-state index in [2.05, 4.69) is 10.2 Å². The third kappa shape index (κ3) is 5.81. The number of nitrogens with zero attached hydrogens (tertiary/aromatic N) is 1. The molecule has 0 spiro atoms. The quantitative estimate of drug-likeness (QED) is 0.516. The predicted octanol–water partition coefficient (Wildman–Crippen LogP) is -1.22. The molecule has 3 amide bonds. The summed E-state index contributed by atoms with van der Waals surface area (Å²) >= 11 is 0. The van der Waals surface area contributed by atoms with Gasteiger partial charge in [0, 0.05) is 14.1 Å². The summed E-state index contributed by atoms with van der Waals surface area (Å²) in [7, 11) is 3.11.